The molecule has 1 amide bonds. The number of anilines is 1. The van der Waals surface area contributed by atoms with Crippen molar-refractivity contribution in [3.05, 3.63) is 59.9 Å². The predicted molar refractivity (Wildman–Crippen MR) is 107 cm³/mol. The number of carbonyl (C=O) groups is 3. The molecule has 0 aromatic heterocycles. The average Bonchev–Trinajstić information content (AvgIpc) is 2.68. The van der Waals surface area contributed by atoms with Crippen LogP contribution in [-0.2, 0) is 24.3 Å². The SMILES string of the molecule is CC(=O)c1ccc(NC(=O)C(C)OC(=O)[C@@H](C)NS(=O)(=O)c2ccc(F)cc2)cc1. The number of carbonyl (C=O) groups excluding carboxylic acids is 3. The van der Waals surface area contributed by atoms with Gasteiger partial charge in [-0.3, -0.25) is 14.4 Å². The average molecular weight is 436 g/mol. The van der Waals surface area contributed by atoms with Crippen molar-refractivity contribution in [1.29, 1.82) is 0 Å². The lowest BCUT2D eigenvalue weighted by molar-refractivity contribution is -0.154. The fraction of sp³-hybridized carbons (Fsp3) is 0.250. The van der Waals surface area contributed by atoms with Gasteiger partial charge in [0.25, 0.3) is 5.91 Å². The molecule has 30 heavy (non-hydrogen) atoms. The van der Waals surface area contributed by atoms with Crippen LogP contribution in [0.15, 0.2) is 53.4 Å². The summed E-state index contributed by atoms with van der Waals surface area (Å²) in [5.41, 5.74) is 0.882. The van der Waals surface area contributed by atoms with Crippen LogP contribution in [0.25, 0.3) is 0 Å². The normalized spacial score (nSPS) is 13.2. The van der Waals surface area contributed by atoms with Crippen molar-refractivity contribution in [2.24, 2.45) is 0 Å². The lowest BCUT2D eigenvalue weighted by Gasteiger charge is -2.17. The Kier molecular flexibility index (Phi) is 7.41. The summed E-state index contributed by atoms with van der Waals surface area (Å²) in [6.45, 7) is 4.01. The highest BCUT2D eigenvalue weighted by Crippen LogP contribution is 2.13. The fourth-order valence-electron chi connectivity index (χ4n) is 2.32. The van der Waals surface area contributed by atoms with Gasteiger partial charge in [0.15, 0.2) is 11.9 Å². The monoisotopic (exact) mass is 436 g/mol. The van der Waals surface area contributed by atoms with Gasteiger partial charge in [-0.25, -0.2) is 12.8 Å². The summed E-state index contributed by atoms with van der Waals surface area (Å²) < 4.78 is 44.6. The Balaban J connectivity index is 1.94. The van der Waals surface area contributed by atoms with Crippen LogP contribution in [0.2, 0.25) is 0 Å². The molecule has 0 saturated carbocycles. The number of sulfonamides is 1. The summed E-state index contributed by atoms with van der Waals surface area (Å²) in [5, 5.41) is 2.53. The zero-order chi connectivity index (χ0) is 22.5. The fourth-order valence-corrected chi connectivity index (χ4v) is 3.52. The molecule has 2 atom stereocenters. The van der Waals surface area contributed by atoms with E-state index >= 15 is 0 Å². The first kappa shape index (κ1) is 23.2. The van der Waals surface area contributed by atoms with Crippen LogP contribution in [-0.4, -0.2) is 38.2 Å². The molecule has 2 N–H and O–H groups in total. The van der Waals surface area contributed by atoms with Gasteiger partial charge in [-0.15, -0.1) is 0 Å². The van der Waals surface area contributed by atoms with Gasteiger partial charge in [-0.1, -0.05) is 0 Å². The molecule has 0 spiro atoms. The number of hydrogen-bond donors (Lipinski definition) is 2. The maximum Gasteiger partial charge on any atom is 0.324 e. The Morgan fingerprint density at radius 1 is 0.967 bits per heavy atom. The molecule has 0 radical (unpaired) electrons. The van der Waals surface area contributed by atoms with Crippen LogP contribution in [0.5, 0.6) is 0 Å². The van der Waals surface area contributed by atoms with Gasteiger partial charge in [-0.05, 0) is 69.3 Å². The largest absolute Gasteiger partial charge is 0.451 e. The Bertz CT molecular complexity index is 1040. The van der Waals surface area contributed by atoms with Gasteiger partial charge in [-0.2, -0.15) is 4.72 Å². The maximum absolute atomic E-state index is 13.0. The molecule has 0 bridgehead atoms. The number of esters is 1. The van der Waals surface area contributed by atoms with Crippen molar-refractivity contribution in [1.82, 2.24) is 4.72 Å². The first-order valence-corrected chi connectivity index (χ1v) is 10.4. The highest BCUT2D eigenvalue weighted by molar-refractivity contribution is 7.89. The van der Waals surface area contributed by atoms with Crippen LogP contribution in [0.3, 0.4) is 0 Å². The lowest BCUT2D eigenvalue weighted by Crippen LogP contribution is -2.42. The van der Waals surface area contributed by atoms with Crippen molar-refractivity contribution in [2.45, 2.75) is 37.8 Å². The third kappa shape index (κ3) is 6.19. The van der Waals surface area contributed by atoms with Gasteiger partial charge >= 0.3 is 5.97 Å². The standard InChI is InChI=1S/C20H21FN2O6S/c1-12(23-30(27,28)18-10-6-16(21)7-11-18)20(26)29-14(3)19(25)22-17-8-4-15(5-9-17)13(2)24/h4-12,14,23H,1-3H3,(H,22,25)/t12-,14?/m1/s1. The van der Waals surface area contributed by atoms with Crippen molar-refractivity contribution in [3.63, 3.8) is 0 Å². The summed E-state index contributed by atoms with van der Waals surface area (Å²) in [5.74, 6) is -2.31. The van der Waals surface area contributed by atoms with Gasteiger partial charge < -0.3 is 10.1 Å². The summed E-state index contributed by atoms with van der Waals surface area (Å²) in [7, 11) is -4.08. The molecule has 0 heterocycles. The molecular formula is C20H21FN2O6S. The summed E-state index contributed by atoms with van der Waals surface area (Å²) in [4.78, 5) is 35.4. The molecule has 2 aromatic rings. The van der Waals surface area contributed by atoms with Crippen molar-refractivity contribution in [3.8, 4) is 0 Å². The third-order valence-electron chi connectivity index (χ3n) is 4.03. The number of halogens is 1. The topological polar surface area (TPSA) is 119 Å². The Morgan fingerprint density at radius 3 is 2.07 bits per heavy atom. The molecule has 1 unspecified atom stereocenters. The van der Waals surface area contributed by atoms with Crippen LogP contribution < -0.4 is 10.0 Å². The predicted octanol–water partition coefficient (Wildman–Crippen LogP) is 2.27. The number of benzene rings is 2. The lowest BCUT2D eigenvalue weighted by atomic mass is 10.1. The molecule has 8 nitrogen and oxygen atoms in total. The Hall–Kier alpha value is -3.11. The van der Waals surface area contributed by atoms with Crippen LogP contribution in [0, 0.1) is 5.82 Å². The molecule has 0 fully saturated rings. The van der Waals surface area contributed by atoms with E-state index in [9.17, 15) is 27.2 Å². The minimum Gasteiger partial charge on any atom is -0.451 e. The molecule has 0 aliphatic rings. The van der Waals surface area contributed by atoms with Crippen molar-refractivity contribution in [2.75, 3.05) is 5.32 Å². The van der Waals surface area contributed by atoms with E-state index < -0.39 is 39.9 Å². The Labute approximate surface area is 173 Å². The summed E-state index contributed by atoms with van der Waals surface area (Å²) in [6, 6.07) is 8.93. The highest BCUT2D eigenvalue weighted by Gasteiger charge is 2.26. The number of Topliss-reactive ketones (excluding diaryl/α,β-unsaturated/α-hetero) is 1. The molecule has 10 heteroatoms. The van der Waals surface area contributed by atoms with E-state index in [-0.39, 0.29) is 10.7 Å². The molecular weight excluding hydrogens is 415 g/mol. The number of amides is 1. The zero-order valence-electron chi connectivity index (χ0n) is 16.5. The number of ether oxygens (including phenoxy) is 1. The maximum atomic E-state index is 13.0. The van der Waals surface area contributed by atoms with Crippen LogP contribution in [0.4, 0.5) is 10.1 Å². The van der Waals surface area contributed by atoms with Crippen molar-refractivity contribution >= 4 is 33.4 Å². The molecule has 0 aliphatic heterocycles. The first-order valence-electron chi connectivity index (χ1n) is 8.90. The van der Waals surface area contributed by atoms with E-state index in [1.165, 1.54) is 32.9 Å². The van der Waals surface area contributed by atoms with Crippen LogP contribution >= 0.6 is 0 Å². The van der Waals surface area contributed by atoms with E-state index in [0.29, 0.717) is 11.3 Å². The van der Waals surface area contributed by atoms with Gasteiger partial charge in [0.05, 0.1) is 4.90 Å². The molecule has 0 aliphatic carbocycles. The van der Waals surface area contributed by atoms with Gasteiger partial charge in [0.2, 0.25) is 10.0 Å². The molecule has 2 rings (SSSR count). The second kappa shape index (κ2) is 9.59. The zero-order valence-corrected chi connectivity index (χ0v) is 17.3. The highest BCUT2D eigenvalue weighted by atomic mass is 32.2. The number of nitrogens with one attached hydrogen (secondary N) is 2. The second-order valence-electron chi connectivity index (χ2n) is 6.50. The van der Waals surface area contributed by atoms with E-state index in [0.717, 1.165) is 24.3 Å². The van der Waals surface area contributed by atoms with E-state index in [2.05, 4.69) is 10.0 Å². The molecule has 2 aromatic carbocycles. The second-order valence-corrected chi connectivity index (χ2v) is 8.21. The smallest absolute Gasteiger partial charge is 0.324 e. The molecule has 160 valence electrons. The third-order valence-corrected chi connectivity index (χ3v) is 5.59. The van der Waals surface area contributed by atoms with Crippen LogP contribution in [0.1, 0.15) is 31.1 Å². The van der Waals surface area contributed by atoms with Gasteiger partial charge in [0, 0.05) is 11.3 Å². The quantitative estimate of drug-likeness (QED) is 0.484. The number of ketones is 1. The number of hydrogen-bond acceptors (Lipinski definition) is 6. The van der Waals surface area contributed by atoms with E-state index in [1.807, 2.05) is 0 Å². The Morgan fingerprint density at radius 2 is 1.53 bits per heavy atom. The minimum atomic E-state index is -4.08. The van der Waals surface area contributed by atoms with E-state index in [1.54, 1.807) is 12.1 Å². The summed E-state index contributed by atoms with van der Waals surface area (Å²) in [6.07, 6.45) is -1.21. The molecule has 0 saturated heterocycles. The van der Waals surface area contributed by atoms with Crippen molar-refractivity contribution < 1.29 is 31.9 Å². The number of rotatable bonds is 8. The minimum absolute atomic E-state index is 0.118. The first-order chi connectivity index (χ1) is 14.0. The van der Waals surface area contributed by atoms with Gasteiger partial charge in [0.1, 0.15) is 11.9 Å². The summed E-state index contributed by atoms with van der Waals surface area (Å²) >= 11 is 0. The van der Waals surface area contributed by atoms with E-state index in [4.69, 9.17) is 4.74 Å².